The predicted octanol–water partition coefficient (Wildman–Crippen LogP) is 2.22. The molecule has 0 bridgehead atoms. The van der Waals surface area contributed by atoms with Crippen LogP contribution in [0, 0.1) is 19.8 Å². The van der Waals surface area contributed by atoms with Crippen molar-refractivity contribution in [2.75, 3.05) is 13.1 Å². The van der Waals surface area contributed by atoms with Gasteiger partial charge in [0.15, 0.2) is 0 Å². The third-order valence-electron chi connectivity index (χ3n) is 3.99. The van der Waals surface area contributed by atoms with Gasteiger partial charge in [-0.15, -0.1) is 0 Å². The second-order valence-electron chi connectivity index (χ2n) is 5.59. The molecule has 0 unspecified atom stereocenters. The third-order valence-corrected chi connectivity index (χ3v) is 6.06. The summed E-state index contributed by atoms with van der Waals surface area (Å²) in [5, 5.41) is 9.29. The topological polar surface area (TPSA) is 57.6 Å². The molecule has 1 N–H and O–H groups in total. The fourth-order valence-electron chi connectivity index (χ4n) is 2.38. The molecular formula is C15H23NO3S. The summed E-state index contributed by atoms with van der Waals surface area (Å²) in [7, 11) is -3.47. The molecule has 0 radical (unpaired) electrons. The molecule has 0 aromatic heterocycles. The van der Waals surface area contributed by atoms with Gasteiger partial charge in [0.2, 0.25) is 10.0 Å². The molecule has 1 aromatic rings. The smallest absolute Gasteiger partial charge is 0.243 e. The van der Waals surface area contributed by atoms with Crippen LogP contribution in [-0.4, -0.2) is 30.9 Å². The van der Waals surface area contributed by atoms with Crippen LogP contribution in [0.15, 0.2) is 17.0 Å². The van der Waals surface area contributed by atoms with Crippen LogP contribution in [0.5, 0.6) is 0 Å². The monoisotopic (exact) mass is 297 g/mol. The van der Waals surface area contributed by atoms with E-state index in [0.717, 1.165) is 24.0 Å². The molecule has 1 aliphatic carbocycles. The zero-order valence-corrected chi connectivity index (χ0v) is 13.2. The van der Waals surface area contributed by atoms with Crippen molar-refractivity contribution in [2.24, 2.45) is 5.92 Å². The zero-order chi connectivity index (χ0) is 14.9. The van der Waals surface area contributed by atoms with Gasteiger partial charge >= 0.3 is 0 Å². The number of rotatable bonds is 6. The van der Waals surface area contributed by atoms with E-state index in [-0.39, 0.29) is 6.61 Å². The number of nitrogens with zero attached hydrogens (tertiary/aromatic N) is 1. The Balaban J connectivity index is 2.43. The van der Waals surface area contributed by atoms with Crippen LogP contribution in [0.3, 0.4) is 0 Å². The Bertz CT molecular complexity index is 591. The maximum atomic E-state index is 12.8. The first-order valence-electron chi connectivity index (χ1n) is 7.11. The van der Waals surface area contributed by atoms with Gasteiger partial charge in [-0.05, 0) is 55.4 Å². The molecule has 0 amide bonds. The van der Waals surface area contributed by atoms with E-state index in [1.165, 1.54) is 0 Å². The minimum Gasteiger partial charge on any atom is -0.392 e. The van der Waals surface area contributed by atoms with E-state index in [4.69, 9.17) is 0 Å². The average Bonchev–Trinajstić information content (AvgIpc) is 3.22. The van der Waals surface area contributed by atoms with E-state index in [0.29, 0.717) is 29.5 Å². The van der Waals surface area contributed by atoms with Crippen molar-refractivity contribution in [1.29, 1.82) is 0 Å². The number of benzene rings is 1. The first-order valence-corrected chi connectivity index (χ1v) is 8.55. The Morgan fingerprint density at radius 3 is 2.45 bits per heavy atom. The molecule has 0 spiro atoms. The van der Waals surface area contributed by atoms with Crippen LogP contribution < -0.4 is 0 Å². The summed E-state index contributed by atoms with van der Waals surface area (Å²) in [4.78, 5) is 0.337. The summed E-state index contributed by atoms with van der Waals surface area (Å²) in [5.74, 6) is 0.521. The lowest BCUT2D eigenvalue weighted by Gasteiger charge is -2.22. The molecule has 112 valence electrons. The molecule has 0 heterocycles. The van der Waals surface area contributed by atoms with E-state index in [1.807, 2.05) is 26.8 Å². The molecule has 5 heteroatoms. The van der Waals surface area contributed by atoms with Crippen LogP contribution in [0.1, 0.15) is 36.5 Å². The van der Waals surface area contributed by atoms with Crippen LogP contribution in [0.25, 0.3) is 0 Å². The van der Waals surface area contributed by atoms with Crippen molar-refractivity contribution in [3.63, 3.8) is 0 Å². The maximum absolute atomic E-state index is 12.8. The van der Waals surface area contributed by atoms with E-state index in [9.17, 15) is 13.5 Å². The Labute approximate surface area is 121 Å². The van der Waals surface area contributed by atoms with Gasteiger partial charge in [0.25, 0.3) is 0 Å². The predicted molar refractivity (Wildman–Crippen MR) is 79.0 cm³/mol. The van der Waals surface area contributed by atoms with Crippen molar-refractivity contribution < 1.29 is 13.5 Å². The highest BCUT2D eigenvalue weighted by atomic mass is 32.2. The van der Waals surface area contributed by atoms with Crippen LogP contribution in [-0.2, 0) is 16.6 Å². The van der Waals surface area contributed by atoms with Gasteiger partial charge in [-0.1, -0.05) is 13.0 Å². The summed E-state index contributed by atoms with van der Waals surface area (Å²) in [6.07, 6.45) is 2.25. The molecular weight excluding hydrogens is 274 g/mol. The Hall–Kier alpha value is -0.910. The number of hydrogen-bond acceptors (Lipinski definition) is 3. The summed E-state index contributed by atoms with van der Waals surface area (Å²) < 4.78 is 27.2. The molecule has 1 saturated carbocycles. The summed E-state index contributed by atoms with van der Waals surface area (Å²) in [6.45, 7) is 6.54. The standard InChI is InChI=1S/C15H23NO3S/c1-4-16(9-13-5-6-13)20(18,19)15-8-14(10-17)7-11(2)12(15)3/h7-8,13,17H,4-6,9-10H2,1-3H3. The number of hydrogen-bond donors (Lipinski definition) is 1. The average molecular weight is 297 g/mol. The molecule has 1 fully saturated rings. The lowest BCUT2D eigenvalue weighted by molar-refractivity contribution is 0.281. The van der Waals surface area contributed by atoms with Crippen LogP contribution in [0.4, 0.5) is 0 Å². The highest BCUT2D eigenvalue weighted by Crippen LogP contribution is 2.32. The molecule has 2 rings (SSSR count). The largest absolute Gasteiger partial charge is 0.392 e. The van der Waals surface area contributed by atoms with Gasteiger partial charge in [0.1, 0.15) is 0 Å². The van der Waals surface area contributed by atoms with Gasteiger partial charge in [0.05, 0.1) is 11.5 Å². The van der Waals surface area contributed by atoms with E-state index in [1.54, 1.807) is 10.4 Å². The number of aliphatic hydroxyl groups is 1. The number of aryl methyl sites for hydroxylation is 1. The first kappa shape index (κ1) is 15.5. The second-order valence-corrected chi connectivity index (χ2v) is 7.50. The molecule has 0 saturated heterocycles. The van der Waals surface area contributed by atoms with Gasteiger partial charge in [-0.2, -0.15) is 4.31 Å². The normalized spacial score (nSPS) is 15.8. The van der Waals surface area contributed by atoms with E-state index >= 15 is 0 Å². The van der Waals surface area contributed by atoms with E-state index < -0.39 is 10.0 Å². The maximum Gasteiger partial charge on any atom is 0.243 e. The van der Waals surface area contributed by atoms with Gasteiger partial charge in [-0.3, -0.25) is 0 Å². The second kappa shape index (κ2) is 5.84. The summed E-state index contributed by atoms with van der Waals surface area (Å²) in [5.41, 5.74) is 2.32. The fourth-order valence-corrected chi connectivity index (χ4v) is 4.26. The van der Waals surface area contributed by atoms with Crippen molar-refractivity contribution in [3.8, 4) is 0 Å². The minimum atomic E-state index is -3.47. The quantitative estimate of drug-likeness (QED) is 0.876. The third kappa shape index (κ3) is 3.05. The fraction of sp³-hybridized carbons (Fsp3) is 0.600. The van der Waals surface area contributed by atoms with Crippen molar-refractivity contribution >= 4 is 10.0 Å². The van der Waals surface area contributed by atoms with Gasteiger partial charge in [0, 0.05) is 13.1 Å². The lowest BCUT2D eigenvalue weighted by atomic mass is 10.1. The molecule has 0 atom stereocenters. The lowest BCUT2D eigenvalue weighted by Crippen LogP contribution is -2.33. The van der Waals surface area contributed by atoms with Gasteiger partial charge < -0.3 is 5.11 Å². The molecule has 0 aliphatic heterocycles. The SMILES string of the molecule is CCN(CC1CC1)S(=O)(=O)c1cc(CO)cc(C)c1C. The van der Waals surface area contributed by atoms with Crippen LogP contribution in [0.2, 0.25) is 0 Å². The minimum absolute atomic E-state index is 0.140. The number of sulfonamides is 1. The Morgan fingerprint density at radius 2 is 1.95 bits per heavy atom. The number of aliphatic hydroxyl groups excluding tert-OH is 1. The Kier molecular flexibility index (Phi) is 4.52. The summed E-state index contributed by atoms with van der Waals surface area (Å²) >= 11 is 0. The van der Waals surface area contributed by atoms with Crippen molar-refractivity contribution in [3.05, 3.63) is 28.8 Å². The Morgan fingerprint density at radius 1 is 1.30 bits per heavy atom. The van der Waals surface area contributed by atoms with E-state index in [2.05, 4.69) is 0 Å². The summed E-state index contributed by atoms with van der Waals surface area (Å²) in [6, 6.07) is 3.44. The zero-order valence-electron chi connectivity index (χ0n) is 12.4. The van der Waals surface area contributed by atoms with Crippen molar-refractivity contribution in [1.82, 2.24) is 4.31 Å². The van der Waals surface area contributed by atoms with Crippen LogP contribution >= 0.6 is 0 Å². The van der Waals surface area contributed by atoms with Crippen molar-refractivity contribution in [2.45, 2.75) is 45.1 Å². The van der Waals surface area contributed by atoms with Gasteiger partial charge in [-0.25, -0.2) is 8.42 Å². The highest BCUT2D eigenvalue weighted by molar-refractivity contribution is 7.89. The molecule has 1 aromatic carbocycles. The molecule has 4 nitrogen and oxygen atoms in total. The molecule has 1 aliphatic rings. The highest BCUT2D eigenvalue weighted by Gasteiger charge is 2.31. The first-order chi connectivity index (χ1) is 9.40. The molecule has 20 heavy (non-hydrogen) atoms.